The average Bonchev–Trinajstić information content (AvgIpc) is 2.61. The lowest BCUT2D eigenvalue weighted by Crippen LogP contribution is -2.18. The van der Waals surface area contributed by atoms with E-state index < -0.39 is 0 Å². The third-order valence-electron chi connectivity index (χ3n) is 3.44. The lowest BCUT2D eigenvalue weighted by Gasteiger charge is -2.30. The van der Waals surface area contributed by atoms with E-state index in [1.54, 1.807) is 0 Å². The Morgan fingerprint density at radius 3 is 2.60 bits per heavy atom. The zero-order valence-electron chi connectivity index (χ0n) is 10.1. The van der Waals surface area contributed by atoms with Crippen molar-refractivity contribution in [3.8, 4) is 0 Å². The third-order valence-corrected chi connectivity index (χ3v) is 3.44. The van der Waals surface area contributed by atoms with Crippen molar-refractivity contribution >= 4 is 0 Å². The summed E-state index contributed by atoms with van der Waals surface area (Å²) in [4.78, 5) is 0. The number of rotatable bonds is 4. The summed E-state index contributed by atoms with van der Waals surface area (Å²) in [5.74, 6) is 0. The summed E-state index contributed by atoms with van der Waals surface area (Å²) in [6.45, 7) is 16.4. The molecule has 1 fully saturated rings. The molecule has 0 spiro atoms. The van der Waals surface area contributed by atoms with Crippen LogP contribution >= 0.6 is 0 Å². The summed E-state index contributed by atoms with van der Waals surface area (Å²) in [5, 5.41) is 0. The Morgan fingerprint density at radius 1 is 1.47 bits per heavy atom. The van der Waals surface area contributed by atoms with Crippen LogP contribution in [-0.2, 0) is 0 Å². The Hall–Kier alpha value is -1.04. The fourth-order valence-corrected chi connectivity index (χ4v) is 2.55. The van der Waals surface area contributed by atoms with Crippen molar-refractivity contribution in [1.82, 2.24) is 0 Å². The molecule has 15 heavy (non-hydrogen) atoms. The molecule has 0 aromatic heterocycles. The van der Waals surface area contributed by atoms with Crippen LogP contribution in [0.3, 0.4) is 0 Å². The highest BCUT2D eigenvalue weighted by molar-refractivity contribution is 5.45. The second kappa shape index (κ2) is 4.65. The number of hydrogen-bond acceptors (Lipinski definition) is 0. The van der Waals surface area contributed by atoms with Crippen molar-refractivity contribution in [3.05, 3.63) is 48.6 Å². The minimum atomic E-state index is 0.0157. The SMILES string of the molecule is C=CC1(C(=C)C(=C)C)CCC/C1=C\CC. The molecule has 0 heterocycles. The van der Waals surface area contributed by atoms with Crippen molar-refractivity contribution in [2.75, 3.05) is 0 Å². The van der Waals surface area contributed by atoms with Crippen molar-refractivity contribution in [1.29, 1.82) is 0 Å². The molecule has 1 aliphatic carbocycles. The largest absolute Gasteiger partial charge is 0.102 e. The van der Waals surface area contributed by atoms with Gasteiger partial charge in [-0.3, -0.25) is 0 Å². The van der Waals surface area contributed by atoms with E-state index in [1.807, 2.05) is 6.92 Å². The zero-order chi connectivity index (χ0) is 11.5. The monoisotopic (exact) mass is 202 g/mol. The summed E-state index contributed by atoms with van der Waals surface area (Å²) in [6.07, 6.45) is 9.07. The van der Waals surface area contributed by atoms with Crippen LogP contribution in [0.2, 0.25) is 0 Å². The minimum Gasteiger partial charge on any atom is -0.102 e. The first-order valence-electron chi connectivity index (χ1n) is 5.77. The molecule has 1 aliphatic rings. The van der Waals surface area contributed by atoms with Crippen LogP contribution in [0.5, 0.6) is 0 Å². The molecule has 1 saturated carbocycles. The van der Waals surface area contributed by atoms with E-state index in [0.717, 1.165) is 24.0 Å². The van der Waals surface area contributed by atoms with Crippen molar-refractivity contribution < 1.29 is 0 Å². The molecule has 0 saturated heterocycles. The highest BCUT2D eigenvalue weighted by Crippen LogP contribution is 2.50. The van der Waals surface area contributed by atoms with E-state index >= 15 is 0 Å². The standard InChI is InChI=1S/C15H22/c1-6-9-14-10-8-11-15(14,7-2)13(5)12(3)4/h7,9H,2-3,5-6,8,10-11H2,1,4H3/b14-9+. The first-order chi connectivity index (χ1) is 7.08. The van der Waals surface area contributed by atoms with Gasteiger partial charge in [0.25, 0.3) is 0 Å². The van der Waals surface area contributed by atoms with Gasteiger partial charge in [-0.05, 0) is 38.2 Å². The number of hydrogen-bond donors (Lipinski definition) is 0. The summed E-state index contributed by atoms with van der Waals surface area (Å²) < 4.78 is 0. The fraction of sp³-hybridized carbons (Fsp3) is 0.467. The lowest BCUT2D eigenvalue weighted by molar-refractivity contribution is 0.571. The predicted molar refractivity (Wildman–Crippen MR) is 68.8 cm³/mol. The smallest absolute Gasteiger partial charge is 0.0335 e. The van der Waals surface area contributed by atoms with Crippen molar-refractivity contribution in [3.63, 3.8) is 0 Å². The predicted octanol–water partition coefficient (Wildman–Crippen LogP) is 4.81. The van der Waals surface area contributed by atoms with Crippen LogP contribution in [-0.4, -0.2) is 0 Å². The highest BCUT2D eigenvalue weighted by Gasteiger charge is 2.37. The highest BCUT2D eigenvalue weighted by atomic mass is 14.4. The Balaban J connectivity index is 3.13. The average molecular weight is 202 g/mol. The lowest BCUT2D eigenvalue weighted by atomic mass is 9.73. The molecule has 0 aliphatic heterocycles. The molecule has 0 bridgehead atoms. The molecule has 1 atom stereocenters. The van der Waals surface area contributed by atoms with Gasteiger partial charge in [-0.2, -0.15) is 0 Å². The molecule has 82 valence electrons. The maximum absolute atomic E-state index is 4.20. The first kappa shape index (κ1) is 12.0. The normalized spacial score (nSPS) is 28.0. The Labute approximate surface area is 94.1 Å². The van der Waals surface area contributed by atoms with Gasteiger partial charge in [0.2, 0.25) is 0 Å². The van der Waals surface area contributed by atoms with Crippen molar-refractivity contribution in [2.24, 2.45) is 5.41 Å². The fourth-order valence-electron chi connectivity index (χ4n) is 2.55. The van der Waals surface area contributed by atoms with Crippen LogP contribution in [0.25, 0.3) is 0 Å². The Bertz CT molecular complexity index is 317. The van der Waals surface area contributed by atoms with E-state index in [0.29, 0.717) is 0 Å². The maximum atomic E-state index is 4.20. The Kier molecular flexibility index (Phi) is 3.73. The van der Waals surface area contributed by atoms with Gasteiger partial charge in [0.1, 0.15) is 0 Å². The van der Waals surface area contributed by atoms with Gasteiger partial charge >= 0.3 is 0 Å². The molecule has 0 radical (unpaired) electrons. The molecule has 0 nitrogen and oxygen atoms in total. The van der Waals surface area contributed by atoms with E-state index in [1.165, 1.54) is 18.4 Å². The van der Waals surface area contributed by atoms with Gasteiger partial charge in [0.15, 0.2) is 0 Å². The maximum Gasteiger partial charge on any atom is 0.0335 e. The van der Waals surface area contributed by atoms with Crippen LogP contribution in [0, 0.1) is 5.41 Å². The van der Waals surface area contributed by atoms with E-state index in [2.05, 4.69) is 38.8 Å². The molecular formula is C15H22. The summed E-state index contributed by atoms with van der Waals surface area (Å²) in [7, 11) is 0. The molecule has 0 heteroatoms. The summed E-state index contributed by atoms with van der Waals surface area (Å²) in [6, 6.07) is 0. The van der Waals surface area contributed by atoms with Crippen LogP contribution in [0.15, 0.2) is 48.6 Å². The molecule has 1 unspecified atom stereocenters. The second-order valence-corrected chi connectivity index (χ2v) is 4.43. The molecular weight excluding hydrogens is 180 g/mol. The minimum absolute atomic E-state index is 0.0157. The van der Waals surface area contributed by atoms with Gasteiger partial charge < -0.3 is 0 Å². The van der Waals surface area contributed by atoms with Gasteiger partial charge in [-0.15, -0.1) is 6.58 Å². The van der Waals surface area contributed by atoms with Crippen LogP contribution in [0.1, 0.15) is 39.5 Å². The van der Waals surface area contributed by atoms with E-state index in [-0.39, 0.29) is 5.41 Å². The second-order valence-electron chi connectivity index (χ2n) is 4.43. The topological polar surface area (TPSA) is 0 Å². The van der Waals surface area contributed by atoms with Gasteiger partial charge in [-0.25, -0.2) is 0 Å². The van der Waals surface area contributed by atoms with Gasteiger partial charge in [-0.1, -0.05) is 43.4 Å². The van der Waals surface area contributed by atoms with Crippen molar-refractivity contribution in [2.45, 2.75) is 39.5 Å². The third kappa shape index (κ3) is 1.99. The van der Waals surface area contributed by atoms with Gasteiger partial charge in [0.05, 0.1) is 0 Å². The zero-order valence-corrected chi connectivity index (χ0v) is 10.1. The summed E-state index contributed by atoms with van der Waals surface area (Å²) in [5.41, 5.74) is 3.74. The quantitative estimate of drug-likeness (QED) is 0.453. The molecule has 0 amide bonds. The molecule has 0 N–H and O–H groups in total. The van der Waals surface area contributed by atoms with E-state index in [9.17, 15) is 0 Å². The Morgan fingerprint density at radius 2 is 2.13 bits per heavy atom. The summed E-state index contributed by atoms with van der Waals surface area (Å²) >= 11 is 0. The molecule has 0 aromatic rings. The molecule has 1 rings (SSSR count). The first-order valence-corrected chi connectivity index (χ1v) is 5.77. The molecule has 0 aromatic carbocycles. The van der Waals surface area contributed by atoms with Gasteiger partial charge in [0, 0.05) is 5.41 Å². The van der Waals surface area contributed by atoms with Crippen LogP contribution in [0.4, 0.5) is 0 Å². The van der Waals surface area contributed by atoms with E-state index in [4.69, 9.17) is 0 Å². The van der Waals surface area contributed by atoms with Crippen LogP contribution < -0.4 is 0 Å². The number of allylic oxidation sites excluding steroid dienone is 5.